The quantitative estimate of drug-likeness (QED) is 0.725. The first-order valence-electron chi connectivity index (χ1n) is 7.46. The fourth-order valence-corrected chi connectivity index (χ4v) is 4.58. The molecule has 11 heteroatoms. The summed E-state index contributed by atoms with van der Waals surface area (Å²) in [5.74, 6) is -0.367. The summed E-state index contributed by atoms with van der Waals surface area (Å²) in [5.41, 5.74) is 0. The molecule has 0 bridgehead atoms. The molecule has 2 aliphatic rings. The van der Waals surface area contributed by atoms with Crippen LogP contribution in [-0.4, -0.2) is 87.4 Å². The molecule has 0 unspecified atom stereocenters. The van der Waals surface area contributed by atoms with Gasteiger partial charge in [-0.1, -0.05) is 0 Å². The number of halogens is 4. The summed E-state index contributed by atoms with van der Waals surface area (Å²) in [6.45, 7) is 1.99. The highest BCUT2D eigenvalue weighted by Gasteiger charge is 2.50. The zero-order valence-electron chi connectivity index (χ0n) is 13.5. The van der Waals surface area contributed by atoms with Gasteiger partial charge in [0.25, 0.3) is 6.43 Å². The van der Waals surface area contributed by atoms with Crippen molar-refractivity contribution >= 4 is 40.6 Å². The summed E-state index contributed by atoms with van der Waals surface area (Å²) in [5, 5.41) is 3.07. The third-order valence-corrected chi connectivity index (χ3v) is 6.57. The van der Waals surface area contributed by atoms with E-state index in [1.807, 2.05) is 0 Å². The van der Waals surface area contributed by atoms with Gasteiger partial charge < -0.3 is 10.2 Å². The van der Waals surface area contributed by atoms with Crippen molar-refractivity contribution in [3.8, 4) is 0 Å². The molecule has 0 saturated carbocycles. The lowest BCUT2D eigenvalue weighted by Crippen LogP contribution is -2.61. The number of carbonyl (C=O) groups is 1. The second-order valence-electron chi connectivity index (χ2n) is 6.00. The SMILES string of the molecule is CS(=O)(=O)C1(C(=O)N2CCN(CC(F)F)CC2)CCNCC1.Cl.Cl. The summed E-state index contributed by atoms with van der Waals surface area (Å²) >= 11 is 0. The minimum Gasteiger partial charge on any atom is -0.339 e. The molecule has 2 aliphatic heterocycles. The van der Waals surface area contributed by atoms with Crippen LogP contribution >= 0.6 is 24.8 Å². The van der Waals surface area contributed by atoms with E-state index < -0.39 is 21.0 Å². The molecule has 144 valence electrons. The second-order valence-corrected chi connectivity index (χ2v) is 8.33. The maximum Gasteiger partial charge on any atom is 0.251 e. The van der Waals surface area contributed by atoms with Crippen molar-refractivity contribution < 1.29 is 22.0 Å². The van der Waals surface area contributed by atoms with Gasteiger partial charge in [-0.2, -0.15) is 0 Å². The number of piperidine rings is 1. The molecule has 2 rings (SSSR count). The third kappa shape index (κ3) is 5.14. The standard InChI is InChI=1S/C13H23F2N3O3S.2ClH/c1-22(20,21)13(2-4-16-5-3-13)12(19)18-8-6-17(7-9-18)10-11(14)15;;/h11,16H,2-10H2,1H3;2*1H. The molecule has 0 aliphatic carbocycles. The molecule has 2 fully saturated rings. The van der Waals surface area contributed by atoms with Crippen LogP contribution in [-0.2, 0) is 14.6 Å². The Labute approximate surface area is 154 Å². The zero-order valence-corrected chi connectivity index (χ0v) is 16.0. The smallest absolute Gasteiger partial charge is 0.251 e. The average molecular weight is 412 g/mol. The predicted octanol–water partition coefficient (Wildman–Crippen LogP) is 0.406. The van der Waals surface area contributed by atoms with E-state index in [-0.39, 0.29) is 50.1 Å². The van der Waals surface area contributed by atoms with Crippen molar-refractivity contribution in [3.05, 3.63) is 0 Å². The van der Waals surface area contributed by atoms with Crippen molar-refractivity contribution in [2.45, 2.75) is 24.0 Å². The molecule has 1 N–H and O–H groups in total. The fourth-order valence-electron chi connectivity index (χ4n) is 3.19. The Morgan fingerprint density at radius 2 is 1.62 bits per heavy atom. The maximum atomic E-state index is 12.8. The number of nitrogens with one attached hydrogen (secondary N) is 1. The van der Waals surface area contributed by atoms with Crippen molar-refractivity contribution in [2.75, 3.05) is 52.1 Å². The molecule has 0 aromatic heterocycles. The van der Waals surface area contributed by atoms with Gasteiger partial charge in [0, 0.05) is 32.4 Å². The van der Waals surface area contributed by atoms with Crippen LogP contribution in [0.2, 0.25) is 0 Å². The molecule has 1 amide bonds. The average Bonchev–Trinajstić information content (AvgIpc) is 2.46. The fraction of sp³-hybridized carbons (Fsp3) is 0.923. The first kappa shape index (κ1) is 23.8. The number of carbonyl (C=O) groups excluding carboxylic acids is 1. The van der Waals surface area contributed by atoms with Gasteiger partial charge in [0.2, 0.25) is 5.91 Å². The van der Waals surface area contributed by atoms with E-state index in [9.17, 15) is 22.0 Å². The molecule has 0 radical (unpaired) electrons. The number of nitrogens with zero attached hydrogens (tertiary/aromatic N) is 2. The van der Waals surface area contributed by atoms with Gasteiger partial charge in [-0.25, -0.2) is 17.2 Å². The number of hydrogen-bond donors (Lipinski definition) is 1. The number of sulfone groups is 1. The van der Waals surface area contributed by atoms with E-state index in [0.717, 1.165) is 6.26 Å². The van der Waals surface area contributed by atoms with Gasteiger partial charge in [-0.05, 0) is 25.9 Å². The van der Waals surface area contributed by atoms with Gasteiger partial charge in [-0.15, -0.1) is 24.8 Å². The van der Waals surface area contributed by atoms with E-state index in [0.29, 0.717) is 39.3 Å². The number of piperazine rings is 1. The van der Waals surface area contributed by atoms with Gasteiger partial charge in [0.05, 0.1) is 6.54 Å². The molecule has 2 saturated heterocycles. The van der Waals surface area contributed by atoms with Crippen LogP contribution in [0.15, 0.2) is 0 Å². The van der Waals surface area contributed by atoms with Crippen LogP contribution in [0.3, 0.4) is 0 Å². The summed E-state index contributed by atoms with van der Waals surface area (Å²) in [6, 6.07) is 0. The summed E-state index contributed by atoms with van der Waals surface area (Å²) in [6.07, 6.45) is -0.748. The Morgan fingerprint density at radius 1 is 1.12 bits per heavy atom. The van der Waals surface area contributed by atoms with Gasteiger partial charge in [0.1, 0.15) is 0 Å². The lowest BCUT2D eigenvalue weighted by molar-refractivity contribution is -0.136. The Bertz CT molecular complexity index is 509. The molecule has 0 aromatic rings. The largest absolute Gasteiger partial charge is 0.339 e. The van der Waals surface area contributed by atoms with Crippen LogP contribution in [0.1, 0.15) is 12.8 Å². The number of hydrogen-bond acceptors (Lipinski definition) is 5. The van der Waals surface area contributed by atoms with Crippen molar-refractivity contribution in [1.82, 2.24) is 15.1 Å². The van der Waals surface area contributed by atoms with Crippen LogP contribution in [0.4, 0.5) is 8.78 Å². The highest BCUT2D eigenvalue weighted by molar-refractivity contribution is 7.92. The first-order chi connectivity index (χ1) is 10.3. The second kappa shape index (κ2) is 9.47. The van der Waals surface area contributed by atoms with Crippen molar-refractivity contribution in [2.24, 2.45) is 0 Å². The van der Waals surface area contributed by atoms with Crippen molar-refractivity contribution in [1.29, 1.82) is 0 Å². The number of rotatable bonds is 4. The van der Waals surface area contributed by atoms with Gasteiger partial charge >= 0.3 is 0 Å². The Morgan fingerprint density at radius 3 is 2.04 bits per heavy atom. The molecule has 0 atom stereocenters. The van der Waals surface area contributed by atoms with E-state index in [1.165, 1.54) is 4.90 Å². The van der Waals surface area contributed by atoms with Crippen LogP contribution < -0.4 is 5.32 Å². The van der Waals surface area contributed by atoms with E-state index in [2.05, 4.69) is 5.32 Å². The summed E-state index contributed by atoms with van der Waals surface area (Å²) in [7, 11) is -3.53. The Kier molecular flexibility index (Phi) is 9.38. The lowest BCUT2D eigenvalue weighted by Gasteiger charge is -2.41. The number of amides is 1. The van der Waals surface area contributed by atoms with E-state index in [1.54, 1.807) is 4.90 Å². The lowest BCUT2D eigenvalue weighted by atomic mass is 9.95. The Balaban J connectivity index is 0.00000264. The zero-order chi connectivity index (χ0) is 16.4. The normalized spacial score (nSPS) is 21.8. The molecule has 0 spiro atoms. The Hall–Kier alpha value is -0.220. The summed E-state index contributed by atoms with van der Waals surface area (Å²) in [4.78, 5) is 15.9. The monoisotopic (exact) mass is 411 g/mol. The van der Waals surface area contributed by atoms with Crippen LogP contribution in [0, 0.1) is 0 Å². The first-order valence-corrected chi connectivity index (χ1v) is 9.35. The highest BCUT2D eigenvalue weighted by Crippen LogP contribution is 2.30. The maximum absolute atomic E-state index is 12.8. The van der Waals surface area contributed by atoms with E-state index in [4.69, 9.17) is 0 Å². The molecular formula is C13H25Cl2F2N3O3S. The number of alkyl halides is 2. The van der Waals surface area contributed by atoms with Gasteiger partial charge in [0.15, 0.2) is 14.6 Å². The minimum absolute atomic E-state index is 0. The molecular weight excluding hydrogens is 387 g/mol. The molecule has 6 nitrogen and oxygen atoms in total. The van der Waals surface area contributed by atoms with E-state index >= 15 is 0 Å². The van der Waals surface area contributed by atoms with Gasteiger partial charge in [-0.3, -0.25) is 9.69 Å². The van der Waals surface area contributed by atoms with Crippen molar-refractivity contribution in [3.63, 3.8) is 0 Å². The predicted molar refractivity (Wildman–Crippen MR) is 93.2 cm³/mol. The minimum atomic E-state index is -3.53. The van der Waals surface area contributed by atoms with Crippen LogP contribution in [0.25, 0.3) is 0 Å². The third-order valence-electron chi connectivity index (χ3n) is 4.57. The summed E-state index contributed by atoms with van der Waals surface area (Å²) < 4.78 is 47.8. The van der Waals surface area contributed by atoms with Crippen LogP contribution in [0.5, 0.6) is 0 Å². The molecule has 24 heavy (non-hydrogen) atoms. The highest BCUT2D eigenvalue weighted by atomic mass is 35.5. The topological polar surface area (TPSA) is 69.7 Å². The molecule has 0 aromatic carbocycles. The molecule has 2 heterocycles.